The highest BCUT2D eigenvalue weighted by Gasteiger charge is 2.27. The van der Waals surface area contributed by atoms with E-state index in [0.717, 1.165) is 25.9 Å². The Kier molecular flexibility index (Phi) is 5.53. The molecule has 1 unspecified atom stereocenters. The summed E-state index contributed by atoms with van der Waals surface area (Å²) in [5, 5.41) is 3.65. The molecule has 21 heavy (non-hydrogen) atoms. The van der Waals surface area contributed by atoms with Crippen molar-refractivity contribution in [2.45, 2.75) is 38.8 Å². The van der Waals surface area contributed by atoms with Crippen LogP contribution in [-0.4, -0.2) is 42.2 Å². The fourth-order valence-corrected chi connectivity index (χ4v) is 3.06. The second-order valence-corrected chi connectivity index (χ2v) is 6.46. The van der Waals surface area contributed by atoms with Gasteiger partial charge >= 0.3 is 0 Å². The molecule has 0 saturated carbocycles. The van der Waals surface area contributed by atoms with E-state index in [0.29, 0.717) is 22.9 Å². The molecule has 0 bridgehead atoms. The third-order valence-corrected chi connectivity index (χ3v) is 4.81. The van der Waals surface area contributed by atoms with Crippen LogP contribution in [0.25, 0.3) is 0 Å². The van der Waals surface area contributed by atoms with Crippen molar-refractivity contribution in [3.05, 3.63) is 30.1 Å². The van der Waals surface area contributed by atoms with Crippen LogP contribution in [0, 0.1) is 5.82 Å². The molecule has 116 valence electrons. The highest BCUT2D eigenvalue weighted by Crippen LogP contribution is 2.15. The van der Waals surface area contributed by atoms with Crippen LogP contribution < -0.4 is 10.2 Å². The average molecular weight is 310 g/mol. The third kappa shape index (κ3) is 4.14. The number of benzene rings is 1. The first-order valence-corrected chi connectivity index (χ1v) is 8.03. The maximum absolute atomic E-state index is 13.6. The summed E-state index contributed by atoms with van der Waals surface area (Å²) >= 11 is 5.41. The molecule has 1 heterocycles. The zero-order valence-electron chi connectivity index (χ0n) is 13.0. The normalized spacial score (nSPS) is 17.9. The van der Waals surface area contributed by atoms with Crippen molar-refractivity contribution >= 4 is 23.0 Å². The number of thiocarbonyl (C=S) groups is 1. The number of para-hydroxylation sites is 1. The van der Waals surface area contributed by atoms with Crippen LogP contribution >= 0.6 is 12.2 Å². The zero-order chi connectivity index (χ0) is 15.4. The number of hydrogen-bond acceptors (Lipinski definition) is 1. The smallest absolute Gasteiger partial charge is 0.173 e. The molecule has 5 heteroatoms. The number of anilines is 1. The van der Waals surface area contributed by atoms with Crippen LogP contribution in [0.2, 0.25) is 0 Å². The lowest BCUT2D eigenvalue weighted by molar-refractivity contribution is -0.928. The molecule has 2 N–H and O–H groups in total. The Labute approximate surface area is 132 Å². The van der Waals surface area contributed by atoms with E-state index in [1.807, 2.05) is 0 Å². The SMILES string of the molecule is CC(C)[NH+](C)C1CCN(C(=S)Nc2ccccc2F)CC1. The summed E-state index contributed by atoms with van der Waals surface area (Å²) in [4.78, 5) is 3.73. The number of nitrogens with zero attached hydrogens (tertiary/aromatic N) is 1. The minimum atomic E-state index is -0.265. The van der Waals surface area contributed by atoms with Crippen LogP contribution in [0.3, 0.4) is 0 Å². The third-order valence-electron chi connectivity index (χ3n) is 4.45. The van der Waals surface area contributed by atoms with E-state index in [4.69, 9.17) is 12.2 Å². The fourth-order valence-electron chi connectivity index (χ4n) is 2.77. The van der Waals surface area contributed by atoms with Crippen LogP contribution in [0.1, 0.15) is 26.7 Å². The molecule has 0 aliphatic carbocycles. The standard InChI is InChI=1S/C16H24FN3S/c1-12(2)19(3)13-8-10-20(11-9-13)16(21)18-15-7-5-4-6-14(15)17/h4-7,12-13H,8-11H2,1-3H3,(H,18,21)/p+1. The first-order valence-electron chi connectivity index (χ1n) is 7.63. The molecular formula is C16H25FN3S+. The Morgan fingerprint density at radius 1 is 1.33 bits per heavy atom. The van der Waals surface area contributed by atoms with Gasteiger partial charge in [0.25, 0.3) is 0 Å². The molecule has 1 aliphatic heterocycles. The summed E-state index contributed by atoms with van der Waals surface area (Å²) in [6.45, 7) is 6.39. The molecule has 1 aromatic rings. The van der Waals surface area contributed by atoms with E-state index >= 15 is 0 Å². The molecule has 0 spiro atoms. The summed E-state index contributed by atoms with van der Waals surface area (Å²) in [5.74, 6) is -0.265. The number of halogens is 1. The van der Waals surface area contributed by atoms with Gasteiger partial charge in [0.2, 0.25) is 0 Å². The fraction of sp³-hybridized carbons (Fsp3) is 0.562. The summed E-state index contributed by atoms with van der Waals surface area (Å²) in [6.07, 6.45) is 2.26. The monoisotopic (exact) mass is 310 g/mol. The maximum atomic E-state index is 13.6. The van der Waals surface area contributed by atoms with Crippen LogP contribution in [-0.2, 0) is 0 Å². The second-order valence-electron chi connectivity index (χ2n) is 6.07. The molecular weight excluding hydrogens is 285 g/mol. The van der Waals surface area contributed by atoms with Crippen molar-refractivity contribution in [3.63, 3.8) is 0 Å². The van der Waals surface area contributed by atoms with Gasteiger partial charge in [-0.1, -0.05) is 12.1 Å². The second kappa shape index (κ2) is 7.18. The molecule has 2 rings (SSSR count). The van der Waals surface area contributed by atoms with E-state index in [2.05, 4.69) is 31.1 Å². The Hall–Kier alpha value is -1.20. The van der Waals surface area contributed by atoms with E-state index in [1.165, 1.54) is 6.07 Å². The van der Waals surface area contributed by atoms with Crippen LogP contribution in [0.15, 0.2) is 24.3 Å². The van der Waals surface area contributed by atoms with E-state index in [1.54, 1.807) is 23.1 Å². The lowest BCUT2D eigenvalue weighted by Gasteiger charge is -2.37. The largest absolute Gasteiger partial charge is 0.349 e. The quantitative estimate of drug-likeness (QED) is 0.832. The number of likely N-dealkylation sites (tertiary alicyclic amines) is 1. The lowest BCUT2D eigenvalue weighted by atomic mass is 10.0. The van der Waals surface area contributed by atoms with Gasteiger partial charge in [-0.3, -0.25) is 0 Å². The molecule has 1 saturated heterocycles. The van der Waals surface area contributed by atoms with Crippen LogP contribution in [0.5, 0.6) is 0 Å². The van der Waals surface area contributed by atoms with Gasteiger partial charge in [0, 0.05) is 25.9 Å². The predicted molar refractivity (Wildman–Crippen MR) is 89.2 cm³/mol. The Morgan fingerprint density at radius 2 is 1.95 bits per heavy atom. The minimum Gasteiger partial charge on any atom is -0.349 e. The maximum Gasteiger partial charge on any atom is 0.173 e. The average Bonchev–Trinajstić information content (AvgIpc) is 2.49. The van der Waals surface area contributed by atoms with Gasteiger partial charge in [-0.2, -0.15) is 0 Å². The first-order chi connectivity index (χ1) is 9.99. The highest BCUT2D eigenvalue weighted by molar-refractivity contribution is 7.80. The van der Waals surface area contributed by atoms with Gasteiger partial charge in [0.1, 0.15) is 5.82 Å². The van der Waals surface area contributed by atoms with Gasteiger partial charge in [0.05, 0.1) is 24.8 Å². The van der Waals surface area contributed by atoms with Crippen molar-refractivity contribution < 1.29 is 9.29 Å². The van der Waals surface area contributed by atoms with Crippen molar-refractivity contribution in [2.75, 3.05) is 25.5 Å². The molecule has 1 fully saturated rings. The Bertz CT molecular complexity index is 484. The summed E-state index contributed by atoms with van der Waals surface area (Å²) in [5.41, 5.74) is 0.453. The summed E-state index contributed by atoms with van der Waals surface area (Å²) in [7, 11) is 2.26. The van der Waals surface area contributed by atoms with Gasteiger partial charge < -0.3 is 15.1 Å². The lowest BCUT2D eigenvalue weighted by Crippen LogP contribution is -3.16. The van der Waals surface area contributed by atoms with Gasteiger partial charge in [-0.15, -0.1) is 0 Å². The number of rotatable bonds is 3. The van der Waals surface area contributed by atoms with Crippen molar-refractivity contribution in [3.8, 4) is 0 Å². The number of hydrogen-bond donors (Lipinski definition) is 2. The van der Waals surface area contributed by atoms with Crippen molar-refractivity contribution in [2.24, 2.45) is 0 Å². The highest BCUT2D eigenvalue weighted by atomic mass is 32.1. The van der Waals surface area contributed by atoms with Crippen molar-refractivity contribution in [1.29, 1.82) is 0 Å². The molecule has 0 radical (unpaired) electrons. The van der Waals surface area contributed by atoms with E-state index in [-0.39, 0.29) is 5.82 Å². The van der Waals surface area contributed by atoms with E-state index in [9.17, 15) is 4.39 Å². The molecule has 3 nitrogen and oxygen atoms in total. The molecule has 0 aromatic heterocycles. The number of piperidine rings is 1. The summed E-state index contributed by atoms with van der Waals surface area (Å²) < 4.78 is 13.6. The number of nitrogens with one attached hydrogen (secondary N) is 2. The predicted octanol–water partition coefficient (Wildman–Crippen LogP) is 1.91. The minimum absolute atomic E-state index is 0.265. The van der Waals surface area contributed by atoms with Gasteiger partial charge in [-0.05, 0) is 38.2 Å². The molecule has 1 atom stereocenters. The molecule has 1 aromatic carbocycles. The Morgan fingerprint density at radius 3 is 2.52 bits per heavy atom. The first kappa shape index (κ1) is 16.2. The van der Waals surface area contributed by atoms with E-state index < -0.39 is 0 Å². The number of quaternary nitrogens is 1. The molecule has 1 aliphatic rings. The van der Waals surface area contributed by atoms with Crippen LogP contribution in [0.4, 0.5) is 10.1 Å². The van der Waals surface area contributed by atoms with Gasteiger partial charge in [0.15, 0.2) is 5.11 Å². The zero-order valence-corrected chi connectivity index (χ0v) is 13.8. The van der Waals surface area contributed by atoms with Crippen molar-refractivity contribution in [1.82, 2.24) is 4.90 Å². The Balaban J connectivity index is 1.88. The topological polar surface area (TPSA) is 19.7 Å². The van der Waals surface area contributed by atoms with Gasteiger partial charge in [-0.25, -0.2) is 4.39 Å². The molecule has 0 amide bonds. The summed E-state index contributed by atoms with van der Waals surface area (Å²) in [6, 6.07) is 7.98.